The molecule has 37 heavy (non-hydrogen) atoms. The van der Waals surface area contributed by atoms with E-state index in [0.29, 0.717) is 39.9 Å². The van der Waals surface area contributed by atoms with E-state index < -0.39 is 23.8 Å². The number of methoxy groups -OCH3 is 2. The van der Waals surface area contributed by atoms with E-state index in [0.717, 1.165) is 0 Å². The summed E-state index contributed by atoms with van der Waals surface area (Å²) < 4.78 is 22.2. The summed E-state index contributed by atoms with van der Waals surface area (Å²) in [6, 6.07) is 12.1. The molecule has 11 heteroatoms. The van der Waals surface area contributed by atoms with E-state index in [1.165, 1.54) is 14.2 Å². The molecule has 1 heterocycles. The predicted octanol–water partition coefficient (Wildman–Crippen LogP) is 3.83. The van der Waals surface area contributed by atoms with Crippen molar-refractivity contribution in [3.63, 3.8) is 0 Å². The summed E-state index contributed by atoms with van der Waals surface area (Å²) in [5, 5.41) is 9.74. The Morgan fingerprint density at radius 1 is 1.24 bits per heavy atom. The van der Waals surface area contributed by atoms with Crippen LogP contribution in [-0.2, 0) is 19.0 Å². The largest absolute Gasteiger partial charge is 0.494 e. The molecule has 0 saturated heterocycles. The van der Waals surface area contributed by atoms with Crippen molar-refractivity contribution in [2.75, 3.05) is 34.0 Å². The maximum atomic E-state index is 13.7. The average molecular weight is 552 g/mol. The highest BCUT2D eigenvalue weighted by Crippen LogP contribution is 2.45. The SMILES string of the molecule is C=CC[C@]1(C(=O)NNCC(OC)OC)N=C(c2ccc(OCCCO)cc2)O[C@H]1c1ccc(Cl)cc1Cl. The molecule has 0 aliphatic carbocycles. The number of hydrogen-bond donors (Lipinski definition) is 3. The van der Waals surface area contributed by atoms with Gasteiger partial charge in [0.15, 0.2) is 17.9 Å². The lowest BCUT2D eigenvalue weighted by atomic mass is 9.84. The molecule has 3 N–H and O–H groups in total. The van der Waals surface area contributed by atoms with E-state index in [9.17, 15) is 4.79 Å². The van der Waals surface area contributed by atoms with Crippen molar-refractivity contribution in [1.29, 1.82) is 0 Å². The number of carbonyl (C=O) groups excluding carboxylic acids is 1. The standard InChI is InChI=1S/C26H31Cl2N3O6/c1-4-12-26(25(33)31-29-16-22(34-2)35-3)23(20-11-8-18(27)15-21(20)28)37-24(30-26)17-6-9-19(10-7-17)36-14-5-13-32/h4,6-11,15,22-23,29,32H,1,5,12-14,16H2,2-3H3,(H,31,33)/t23-,26-/m0/s1. The minimum Gasteiger partial charge on any atom is -0.494 e. The highest BCUT2D eigenvalue weighted by atomic mass is 35.5. The smallest absolute Gasteiger partial charge is 0.266 e. The van der Waals surface area contributed by atoms with Gasteiger partial charge in [0.05, 0.1) is 13.2 Å². The van der Waals surface area contributed by atoms with Gasteiger partial charge >= 0.3 is 0 Å². The lowest BCUT2D eigenvalue weighted by molar-refractivity contribution is -0.131. The molecule has 0 bridgehead atoms. The number of rotatable bonds is 14. The molecule has 0 fully saturated rings. The van der Waals surface area contributed by atoms with E-state index in [1.807, 2.05) is 0 Å². The molecular formula is C26H31Cl2N3O6. The molecule has 9 nitrogen and oxygen atoms in total. The van der Waals surface area contributed by atoms with Crippen LogP contribution in [0.1, 0.15) is 30.1 Å². The highest BCUT2D eigenvalue weighted by Gasteiger charge is 2.53. The fraction of sp³-hybridized carbons (Fsp3) is 0.385. The average Bonchev–Trinajstić information content (AvgIpc) is 3.27. The Balaban J connectivity index is 1.95. The zero-order valence-corrected chi connectivity index (χ0v) is 22.2. The lowest BCUT2D eigenvalue weighted by Crippen LogP contribution is -2.54. The van der Waals surface area contributed by atoms with E-state index in [4.69, 9.17) is 52.2 Å². The molecule has 0 radical (unpaired) electrons. The van der Waals surface area contributed by atoms with Crippen LogP contribution in [0.15, 0.2) is 60.1 Å². The van der Waals surface area contributed by atoms with Crippen molar-refractivity contribution in [1.82, 2.24) is 10.9 Å². The topological polar surface area (TPSA) is 111 Å². The Morgan fingerprint density at radius 2 is 1.97 bits per heavy atom. The summed E-state index contributed by atoms with van der Waals surface area (Å²) in [6.07, 6.45) is 0.872. The number of halogens is 2. The quantitative estimate of drug-likeness (QED) is 0.141. The van der Waals surface area contributed by atoms with E-state index in [1.54, 1.807) is 48.5 Å². The summed E-state index contributed by atoms with van der Waals surface area (Å²) in [5.74, 6) is 0.452. The summed E-state index contributed by atoms with van der Waals surface area (Å²) in [5.41, 5.74) is 5.31. The fourth-order valence-corrected chi connectivity index (χ4v) is 4.32. The Labute approximate surface area is 226 Å². The number of nitrogens with one attached hydrogen (secondary N) is 2. The van der Waals surface area contributed by atoms with Crippen molar-refractivity contribution in [3.8, 4) is 5.75 Å². The second-order valence-corrected chi connectivity index (χ2v) is 9.03. The molecule has 2 aromatic rings. The maximum absolute atomic E-state index is 13.7. The third-order valence-electron chi connectivity index (χ3n) is 5.73. The molecule has 3 rings (SSSR count). The van der Waals surface area contributed by atoms with Crippen LogP contribution < -0.4 is 15.6 Å². The molecule has 200 valence electrons. The van der Waals surface area contributed by atoms with Gasteiger partial charge in [-0.3, -0.25) is 10.2 Å². The van der Waals surface area contributed by atoms with E-state index in [2.05, 4.69) is 17.4 Å². The first-order chi connectivity index (χ1) is 17.9. The van der Waals surface area contributed by atoms with Gasteiger partial charge in [0.2, 0.25) is 5.90 Å². The Morgan fingerprint density at radius 3 is 2.59 bits per heavy atom. The molecule has 0 spiro atoms. The van der Waals surface area contributed by atoms with E-state index in [-0.39, 0.29) is 25.5 Å². The number of benzene rings is 2. The number of amides is 1. The molecule has 2 aromatic carbocycles. The van der Waals surface area contributed by atoms with Gasteiger partial charge < -0.3 is 24.1 Å². The fourth-order valence-electron chi connectivity index (χ4n) is 3.81. The summed E-state index contributed by atoms with van der Waals surface area (Å²) >= 11 is 12.7. The molecule has 1 amide bonds. The van der Waals surface area contributed by atoms with Crippen molar-refractivity contribution < 1.29 is 28.8 Å². The van der Waals surface area contributed by atoms with Gasteiger partial charge in [-0.2, -0.15) is 0 Å². The first-order valence-electron chi connectivity index (χ1n) is 11.6. The molecular weight excluding hydrogens is 521 g/mol. The number of hydrogen-bond acceptors (Lipinski definition) is 8. The zero-order chi connectivity index (χ0) is 26.8. The second kappa shape index (κ2) is 13.8. The number of hydrazine groups is 1. The van der Waals surface area contributed by atoms with Crippen LogP contribution in [0.5, 0.6) is 5.75 Å². The van der Waals surface area contributed by atoms with Gasteiger partial charge in [0, 0.05) is 54.8 Å². The highest BCUT2D eigenvalue weighted by molar-refractivity contribution is 6.35. The Kier molecular flexibility index (Phi) is 10.7. The lowest BCUT2D eigenvalue weighted by Gasteiger charge is -2.30. The van der Waals surface area contributed by atoms with Crippen LogP contribution in [0.2, 0.25) is 10.0 Å². The van der Waals surface area contributed by atoms with Crippen molar-refractivity contribution in [2.24, 2.45) is 4.99 Å². The number of aliphatic hydroxyl groups is 1. The summed E-state index contributed by atoms with van der Waals surface area (Å²) in [6.45, 7) is 4.49. The third kappa shape index (κ3) is 7.01. The number of nitrogens with zero attached hydrogens (tertiary/aromatic N) is 1. The molecule has 2 atom stereocenters. The van der Waals surface area contributed by atoms with Gasteiger partial charge in [-0.1, -0.05) is 35.3 Å². The number of ether oxygens (including phenoxy) is 4. The van der Waals surface area contributed by atoms with Gasteiger partial charge in [-0.15, -0.1) is 6.58 Å². The number of aliphatic imine (C=N–C) groups is 1. The van der Waals surface area contributed by atoms with Crippen LogP contribution in [-0.4, -0.2) is 62.7 Å². The van der Waals surface area contributed by atoms with Crippen molar-refractivity contribution in [2.45, 2.75) is 30.8 Å². The summed E-state index contributed by atoms with van der Waals surface area (Å²) in [4.78, 5) is 18.4. The van der Waals surface area contributed by atoms with Crippen LogP contribution >= 0.6 is 23.2 Å². The summed E-state index contributed by atoms with van der Waals surface area (Å²) in [7, 11) is 3.00. The van der Waals surface area contributed by atoms with Gasteiger partial charge in [0.25, 0.3) is 5.91 Å². The van der Waals surface area contributed by atoms with Crippen LogP contribution in [0.25, 0.3) is 0 Å². The van der Waals surface area contributed by atoms with Crippen molar-refractivity contribution in [3.05, 3.63) is 76.3 Å². The third-order valence-corrected chi connectivity index (χ3v) is 6.29. The van der Waals surface area contributed by atoms with Crippen LogP contribution in [0.3, 0.4) is 0 Å². The molecule has 1 aliphatic rings. The second-order valence-electron chi connectivity index (χ2n) is 8.18. The minimum atomic E-state index is -1.42. The maximum Gasteiger partial charge on any atom is 0.266 e. The molecule has 0 unspecified atom stereocenters. The molecule has 0 aromatic heterocycles. The first kappa shape index (κ1) is 28.9. The van der Waals surface area contributed by atoms with Gasteiger partial charge in [-0.05, 0) is 36.4 Å². The monoisotopic (exact) mass is 551 g/mol. The van der Waals surface area contributed by atoms with E-state index >= 15 is 0 Å². The van der Waals surface area contributed by atoms with Crippen LogP contribution in [0.4, 0.5) is 0 Å². The minimum absolute atomic E-state index is 0.0529. The predicted molar refractivity (Wildman–Crippen MR) is 142 cm³/mol. The molecule has 1 aliphatic heterocycles. The number of aliphatic hydroxyl groups excluding tert-OH is 1. The molecule has 0 saturated carbocycles. The Hall–Kier alpha value is -2.66. The number of carbonyl (C=O) groups is 1. The normalized spacial score (nSPS) is 18.9. The van der Waals surface area contributed by atoms with Gasteiger partial charge in [0.1, 0.15) is 5.75 Å². The first-order valence-corrected chi connectivity index (χ1v) is 12.4. The van der Waals surface area contributed by atoms with Crippen LogP contribution in [0, 0.1) is 0 Å². The van der Waals surface area contributed by atoms with Crippen molar-refractivity contribution >= 4 is 35.0 Å². The zero-order valence-electron chi connectivity index (χ0n) is 20.7. The van der Waals surface area contributed by atoms with Gasteiger partial charge in [-0.25, -0.2) is 10.4 Å². The Bertz CT molecular complexity index is 1090.